The van der Waals surface area contributed by atoms with Gasteiger partial charge in [-0.2, -0.15) is 5.10 Å². The molecule has 3 unspecified atom stereocenters. The molecule has 0 radical (unpaired) electrons. The minimum absolute atomic E-state index is 0.259. The number of nitrogens with two attached hydrogens (primary N) is 1. The lowest BCUT2D eigenvalue weighted by atomic mass is 9.92. The Morgan fingerprint density at radius 1 is 0.800 bits per heavy atom. The molecular weight excluding hydrogens is 504 g/mol. The maximum Gasteiger partial charge on any atom is 0.162 e. The largest absolute Gasteiger partial charge is 0.382 e. The molecule has 3 heterocycles. The van der Waals surface area contributed by atoms with Crippen LogP contribution < -0.4 is 5.73 Å². The summed E-state index contributed by atoms with van der Waals surface area (Å²) in [5.41, 5.74) is 9.90. The van der Waals surface area contributed by atoms with Gasteiger partial charge >= 0.3 is 0 Å². The standard InChI is InChI=1S/C32H32N4O4/c33-31-27-16-17-29(36(27)35-23-34-31)32(40-20-26-14-8-3-9-15-26)22-39-28(21-37-18-24-10-4-1-5-11-24)30(32)38-19-25-12-6-2-7-13-25/h1-17,23,28,30H,18-22H2,(H2,33,34,35). The summed E-state index contributed by atoms with van der Waals surface area (Å²) in [6.45, 7) is 1.82. The Morgan fingerprint density at radius 3 is 2.10 bits per heavy atom. The van der Waals surface area contributed by atoms with Crippen molar-refractivity contribution in [1.29, 1.82) is 0 Å². The molecule has 0 aliphatic carbocycles. The van der Waals surface area contributed by atoms with Crippen molar-refractivity contribution in [1.82, 2.24) is 14.6 Å². The monoisotopic (exact) mass is 536 g/mol. The SMILES string of the molecule is Nc1ncnn2c(C3(OCc4ccccc4)COC(COCc4ccccc4)C3OCc3ccccc3)ccc12. The van der Waals surface area contributed by atoms with Gasteiger partial charge in [0.2, 0.25) is 0 Å². The van der Waals surface area contributed by atoms with Crippen molar-refractivity contribution in [3.05, 3.63) is 132 Å². The van der Waals surface area contributed by atoms with Crippen LogP contribution in [-0.4, -0.2) is 40.0 Å². The molecule has 1 aliphatic heterocycles. The molecule has 1 aliphatic rings. The van der Waals surface area contributed by atoms with Crippen molar-refractivity contribution < 1.29 is 18.9 Å². The third kappa shape index (κ3) is 5.48. The molecule has 0 saturated carbocycles. The van der Waals surface area contributed by atoms with Crippen molar-refractivity contribution in [3.8, 4) is 0 Å². The summed E-state index contributed by atoms with van der Waals surface area (Å²) in [6.07, 6.45) is 0.571. The van der Waals surface area contributed by atoms with Gasteiger partial charge in [-0.3, -0.25) is 0 Å². The summed E-state index contributed by atoms with van der Waals surface area (Å²) in [7, 11) is 0. The highest BCUT2D eigenvalue weighted by Gasteiger charge is 2.55. The molecule has 5 aromatic rings. The number of nitrogen functional groups attached to an aromatic ring is 1. The molecule has 1 saturated heterocycles. The van der Waals surface area contributed by atoms with Gasteiger partial charge in [-0.25, -0.2) is 9.50 Å². The average Bonchev–Trinajstić information content (AvgIpc) is 3.60. The number of anilines is 1. The van der Waals surface area contributed by atoms with E-state index in [0.29, 0.717) is 37.8 Å². The van der Waals surface area contributed by atoms with Gasteiger partial charge in [-0.15, -0.1) is 0 Å². The Balaban J connectivity index is 1.35. The van der Waals surface area contributed by atoms with Crippen LogP contribution in [0.15, 0.2) is 109 Å². The Labute approximate surface area is 233 Å². The van der Waals surface area contributed by atoms with Crippen LogP contribution in [0, 0.1) is 0 Å². The molecule has 0 bridgehead atoms. The van der Waals surface area contributed by atoms with Crippen LogP contribution >= 0.6 is 0 Å². The Bertz CT molecular complexity index is 1510. The molecule has 3 aromatic carbocycles. The highest BCUT2D eigenvalue weighted by Crippen LogP contribution is 2.42. The molecule has 8 nitrogen and oxygen atoms in total. The van der Waals surface area contributed by atoms with Gasteiger partial charge in [0.05, 0.1) is 38.7 Å². The zero-order chi connectivity index (χ0) is 27.2. The van der Waals surface area contributed by atoms with E-state index in [2.05, 4.69) is 10.1 Å². The molecule has 2 aromatic heterocycles. The highest BCUT2D eigenvalue weighted by molar-refractivity contribution is 5.65. The van der Waals surface area contributed by atoms with Crippen molar-refractivity contribution in [2.45, 2.75) is 37.6 Å². The second-order valence-electron chi connectivity index (χ2n) is 9.89. The third-order valence-electron chi connectivity index (χ3n) is 7.23. The fourth-order valence-electron chi connectivity index (χ4n) is 5.18. The van der Waals surface area contributed by atoms with Crippen molar-refractivity contribution in [3.63, 3.8) is 0 Å². The Kier molecular flexibility index (Phi) is 7.83. The Hall–Kier alpha value is -4.08. The number of nitrogens with zero attached hydrogens (tertiary/aromatic N) is 3. The number of ether oxygens (including phenoxy) is 4. The number of fused-ring (bicyclic) bond motifs is 1. The topological polar surface area (TPSA) is 93.1 Å². The lowest BCUT2D eigenvalue weighted by molar-refractivity contribution is -0.152. The van der Waals surface area contributed by atoms with Crippen LogP contribution in [0.2, 0.25) is 0 Å². The van der Waals surface area contributed by atoms with Crippen LogP contribution in [0.25, 0.3) is 5.52 Å². The maximum atomic E-state index is 6.84. The summed E-state index contributed by atoms with van der Waals surface area (Å²) in [4.78, 5) is 4.17. The van der Waals surface area contributed by atoms with E-state index in [1.165, 1.54) is 6.33 Å². The molecule has 8 heteroatoms. The normalized spacial score (nSPS) is 20.7. The summed E-state index contributed by atoms with van der Waals surface area (Å²) in [5.74, 6) is 0.392. The molecule has 0 spiro atoms. The first-order chi connectivity index (χ1) is 19.7. The van der Waals surface area contributed by atoms with Crippen LogP contribution in [0.5, 0.6) is 0 Å². The predicted octanol–water partition coefficient (Wildman–Crippen LogP) is 4.92. The smallest absolute Gasteiger partial charge is 0.162 e. The van der Waals surface area contributed by atoms with E-state index in [1.807, 2.05) is 103 Å². The van der Waals surface area contributed by atoms with Crippen molar-refractivity contribution >= 4 is 11.3 Å². The van der Waals surface area contributed by atoms with Gasteiger partial charge in [-0.05, 0) is 28.8 Å². The van der Waals surface area contributed by atoms with E-state index in [0.717, 1.165) is 22.4 Å². The minimum Gasteiger partial charge on any atom is -0.382 e. The lowest BCUT2D eigenvalue weighted by Gasteiger charge is -2.35. The number of benzene rings is 3. The van der Waals surface area contributed by atoms with E-state index < -0.39 is 11.7 Å². The summed E-state index contributed by atoms with van der Waals surface area (Å²) >= 11 is 0. The first-order valence-electron chi connectivity index (χ1n) is 13.4. The van der Waals surface area contributed by atoms with E-state index in [9.17, 15) is 0 Å². The molecule has 1 fully saturated rings. The van der Waals surface area contributed by atoms with Crippen LogP contribution in [-0.2, 0) is 44.4 Å². The van der Waals surface area contributed by atoms with E-state index in [-0.39, 0.29) is 12.7 Å². The summed E-state index contributed by atoms with van der Waals surface area (Å²) in [5, 5.41) is 4.53. The molecule has 0 amide bonds. The molecule has 6 rings (SSSR count). The van der Waals surface area contributed by atoms with Crippen LogP contribution in [0.1, 0.15) is 22.4 Å². The number of hydrogen-bond acceptors (Lipinski definition) is 7. The first kappa shape index (κ1) is 26.2. The minimum atomic E-state index is -0.987. The molecular formula is C32H32N4O4. The summed E-state index contributed by atoms with van der Waals surface area (Å²) < 4.78 is 27.9. The number of hydrogen-bond donors (Lipinski definition) is 1. The zero-order valence-corrected chi connectivity index (χ0v) is 22.1. The molecule has 204 valence electrons. The Morgan fingerprint density at radius 2 is 1.43 bits per heavy atom. The van der Waals surface area contributed by atoms with E-state index in [4.69, 9.17) is 24.7 Å². The molecule has 40 heavy (non-hydrogen) atoms. The second kappa shape index (κ2) is 12.0. The average molecular weight is 537 g/mol. The maximum absolute atomic E-state index is 6.84. The van der Waals surface area contributed by atoms with Gasteiger partial charge in [0.1, 0.15) is 24.1 Å². The van der Waals surface area contributed by atoms with Gasteiger partial charge in [-0.1, -0.05) is 91.0 Å². The molecule has 3 atom stereocenters. The second-order valence-corrected chi connectivity index (χ2v) is 9.89. The van der Waals surface area contributed by atoms with Gasteiger partial charge in [0.25, 0.3) is 0 Å². The van der Waals surface area contributed by atoms with E-state index >= 15 is 0 Å². The number of rotatable bonds is 11. The number of aromatic nitrogens is 3. The van der Waals surface area contributed by atoms with Crippen molar-refractivity contribution in [2.75, 3.05) is 18.9 Å². The first-order valence-corrected chi connectivity index (χ1v) is 13.4. The van der Waals surface area contributed by atoms with Gasteiger partial charge in [0.15, 0.2) is 11.4 Å². The van der Waals surface area contributed by atoms with Gasteiger partial charge in [0, 0.05) is 0 Å². The van der Waals surface area contributed by atoms with Crippen molar-refractivity contribution in [2.24, 2.45) is 0 Å². The predicted molar refractivity (Wildman–Crippen MR) is 151 cm³/mol. The van der Waals surface area contributed by atoms with Crippen LogP contribution in [0.3, 0.4) is 0 Å². The quantitative estimate of drug-likeness (QED) is 0.256. The molecule has 2 N–H and O–H groups in total. The van der Waals surface area contributed by atoms with E-state index in [1.54, 1.807) is 4.52 Å². The van der Waals surface area contributed by atoms with Gasteiger partial charge < -0.3 is 24.7 Å². The fraction of sp³-hybridized carbons (Fsp3) is 0.250. The third-order valence-corrected chi connectivity index (χ3v) is 7.23. The highest BCUT2D eigenvalue weighted by atomic mass is 16.6. The zero-order valence-electron chi connectivity index (χ0n) is 22.1. The fourth-order valence-corrected chi connectivity index (χ4v) is 5.18. The van der Waals surface area contributed by atoms with Crippen LogP contribution in [0.4, 0.5) is 5.82 Å². The lowest BCUT2D eigenvalue weighted by Crippen LogP contribution is -2.47. The summed E-state index contributed by atoms with van der Waals surface area (Å²) in [6, 6.07) is 34.1.